The summed E-state index contributed by atoms with van der Waals surface area (Å²) in [6, 6.07) is 13.0. The average molecular weight is 229 g/mol. The second kappa shape index (κ2) is 5.69. The van der Waals surface area contributed by atoms with Crippen molar-refractivity contribution in [1.82, 2.24) is 5.32 Å². The van der Waals surface area contributed by atoms with Crippen molar-refractivity contribution in [1.29, 1.82) is 0 Å². The van der Waals surface area contributed by atoms with Crippen LogP contribution < -0.4 is 5.32 Å². The van der Waals surface area contributed by atoms with Gasteiger partial charge in [-0.25, -0.2) is 0 Å². The van der Waals surface area contributed by atoms with Gasteiger partial charge in [0, 0.05) is 11.6 Å². The van der Waals surface area contributed by atoms with Crippen molar-refractivity contribution < 1.29 is 4.42 Å². The Morgan fingerprint density at radius 3 is 2.53 bits per heavy atom. The van der Waals surface area contributed by atoms with Crippen molar-refractivity contribution >= 4 is 0 Å². The molecule has 1 unspecified atom stereocenters. The lowest BCUT2D eigenvalue weighted by Crippen LogP contribution is -2.27. The second-order valence-electron chi connectivity index (χ2n) is 4.34. The molecule has 0 saturated carbocycles. The van der Waals surface area contributed by atoms with Gasteiger partial charge in [-0.05, 0) is 37.6 Å². The molecular formula is C15H19NO. The Kier molecular flexibility index (Phi) is 3.99. The predicted octanol–water partition coefficient (Wildman–Crippen LogP) is 3.49. The molecule has 2 rings (SSSR count). The van der Waals surface area contributed by atoms with Gasteiger partial charge in [0.1, 0.15) is 5.76 Å². The van der Waals surface area contributed by atoms with E-state index in [-0.39, 0.29) is 0 Å². The highest BCUT2D eigenvalue weighted by Gasteiger charge is 2.03. The van der Waals surface area contributed by atoms with Crippen LogP contribution in [0.3, 0.4) is 0 Å². The summed E-state index contributed by atoms with van der Waals surface area (Å²) in [7, 11) is 0. The predicted molar refractivity (Wildman–Crippen MR) is 71.0 cm³/mol. The summed E-state index contributed by atoms with van der Waals surface area (Å²) in [5.74, 6) is 0.927. The van der Waals surface area contributed by atoms with E-state index in [2.05, 4.69) is 43.4 Å². The van der Waals surface area contributed by atoms with Crippen LogP contribution in [0.15, 0.2) is 47.1 Å². The second-order valence-corrected chi connectivity index (χ2v) is 4.34. The smallest absolute Gasteiger partial charge is 0.133 e. The van der Waals surface area contributed by atoms with Crippen LogP contribution in [0.1, 0.15) is 19.4 Å². The highest BCUT2D eigenvalue weighted by Crippen LogP contribution is 2.20. The van der Waals surface area contributed by atoms with Gasteiger partial charge in [-0.1, -0.05) is 31.2 Å². The Hall–Kier alpha value is -1.54. The Morgan fingerprint density at radius 2 is 1.94 bits per heavy atom. The molecular weight excluding hydrogens is 210 g/mol. The molecule has 1 atom stereocenters. The monoisotopic (exact) mass is 229 g/mol. The van der Waals surface area contributed by atoms with Crippen LogP contribution in [0.4, 0.5) is 0 Å². The first-order valence-corrected chi connectivity index (χ1v) is 6.16. The average Bonchev–Trinajstić information content (AvgIpc) is 2.84. The minimum Gasteiger partial charge on any atom is -0.464 e. The van der Waals surface area contributed by atoms with E-state index < -0.39 is 0 Å². The minimum atomic E-state index is 0.523. The molecule has 1 aromatic carbocycles. The fourth-order valence-electron chi connectivity index (χ4n) is 2.02. The Balaban J connectivity index is 2.03. The van der Waals surface area contributed by atoms with Crippen molar-refractivity contribution in [3.05, 3.63) is 48.2 Å². The van der Waals surface area contributed by atoms with E-state index in [1.54, 1.807) is 6.26 Å². The zero-order valence-corrected chi connectivity index (χ0v) is 10.4. The summed E-state index contributed by atoms with van der Waals surface area (Å²) >= 11 is 0. The Labute approximate surface area is 103 Å². The van der Waals surface area contributed by atoms with Gasteiger partial charge < -0.3 is 9.73 Å². The van der Waals surface area contributed by atoms with Crippen molar-refractivity contribution in [3.8, 4) is 11.3 Å². The molecule has 90 valence electrons. The largest absolute Gasteiger partial charge is 0.464 e. The van der Waals surface area contributed by atoms with Crippen LogP contribution >= 0.6 is 0 Å². The van der Waals surface area contributed by atoms with Crippen LogP contribution in [0.2, 0.25) is 0 Å². The molecule has 0 aliphatic rings. The van der Waals surface area contributed by atoms with Crippen LogP contribution in [-0.2, 0) is 6.42 Å². The van der Waals surface area contributed by atoms with Gasteiger partial charge in [-0.15, -0.1) is 0 Å². The SMILES string of the molecule is CCNC(C)Cc1ccc(-c2ccco2)cc1. The molecule has 1 N–H and O–H groups in total. The molecule has 0 radical (unpaired) electrons. The highest BCUT2D eigenvalue weighted by molar-refractivity contribution is 5.57. The molecule has 0 aliphatic carbocycles. The molecule has 0 spiro atoms. The number of nitrogens with one attached hydrogen (secondary N) is 1. The standard InChI is InChI=1S/C15H19NO/c1-3-16-12(2)11-13-6-8-14(9-7-13)15-5-4-10-17-15/h4-10,12,16H,3,11H2,1-2H3. The van der Waals surface area contributed by atoms with E-state index in [1.165, 1.54) is 5.56 Å². The molecule has 2 heteroatoms. The van der Waals surface area contributed by atoms with Gasteiger partial charge >= 0.3 is 0 Å². The summed E-state index contributed by atoms with van der Waals surface area (Å²) in [6.07, 6.45) is 2.77. The van der Waals surface area contributed by atoms with Crippen molar-refractivity contribution in [2.24, 2.45) is 0 Å². The normalized spacial score (nSPS) is 12.6. The number of hydrogen-bond acceptors (Lipinski definition) is 2. The molecule has 0 amide bonds. The molecule has 0 bridgehead atoms. The third-order valence-electron chi connectivity index (χ3n) is 2.85. The maximum absolute atomic E-state index is 5.37. The molecule has 0 saturated heterocycles. The van der Waals surface area contributed by atoms with Gasteiger partial charge in [0.05, 0.1) is 6.26 Å². The summed E-state index contributed by atoms with van der Waals surface area (Å²) in [5, 5.41) is 3.42. The number of benzene rings is 1. The van der Waals surface area contributed by atoms with E-state index in [0.29, 0.717) is 6.04 Å². The van der Waals surface area contributed by atoms with Crippen molar-refractivity contribution in [3.63, 3.8) is 0 Å². The molecule has 2 nitrogen and oxygen atoms in total. The molecule has 17 heavy (non-hydrogen) atoms. The lowest BCUT2D eigenvalue weighted by atomic mass is 10.0. The minimum absolute atomic E-state index is 0.523. The van der Waals surface area contributed by atoms with E-state index in [1.807, 2.05) is 12.1 Å². The van der Waals surface area contributed by atoms with Gasteiger partial charge in [0.25, 0.3) is 0 Å². The van der Waals surface area contributed by atoms with Crippen molar-refractivity contribution in [2.75, 3.05) is 6.54 Å². The molecule has 0 fully saturated rings. The van der Waals surface area contributed by atoms with Gasteiger partial charge in [-0.3, -0.25) is 0 Å². The third-order valence-corrected chi connectivity index (χ3v) is 2.85. The summed E-state index contributed by atoms with van der Waals surface area (Å²) < 4.78 is 5.37. The fraction of sp³-hybridized carbons (Fsp3) is 0.333. The fourth-order valence-corrected chi connectivity index (χ4v) is 2.02. The summed E-state index contributed by atoms with van der Waals surface area (Å²) in [5.41, 5.74) is 2.49. The maximum Gasteiger partial charge on any atom is 0.133 e. The summed E-state index contributed by atoms with van der Waals surface area (Å²) in [4.78, 5) is 0. The van der Waals surface area contributed by atoms with Crippen LogP contribution in [0, 0.1) is 0 Å². The van der Waals surface area contributed by atoms with Gasteiger partial charge in [-0.2, -0.15) is 0 Å². The van der Waals surface area contributed by atoms with Crippen LogP contribution in [0.5, 0.6) is 0 Å². The zero-order chi connectivity index (χ0) is 12.1. The quantitative estimate of drug-likeness (QED) is 0.849. The third kappa shape index (κ3) is 3.21. The first-order valence-electron chi connectivity index (χ1n) is 6.16. The van der Waals surface area contributed by atoms with Crippen LogP contribution in [-0.4, -0.2) is 12.6 Å². The van der Waals surface area contributed by atoms with E-state index in [9.17, 15) is 0 Å². The van der Waals surface area contributed by atoms with Crippen LogP contribution in [0.25, 0.3) is 11.3 Å². The maximum atomic E-state index is 5.37. The molecule has 0 aliphatic heterocycles. The number of likely N-dealkylation sites (N-methyl/N-ethyl adjacent to an activating group) is 1. The van der Waals surface area contributed by atoms with Gasteiger partial charge in [0.15, 0.2) is 0 Å². The van der Waals surface area contributed by atoms with E-state index in [4.69, 9.17) is 4.42 Å². The highest BCUT2D eigenvalue weighted by atomic mass is 16.3. The zero-order valence-electron chi connectivity index (χ0n) is 10.4. The topological polar surface area (TPSA) is 25.2 Å². The first-order chi connectivity index (χ1) is 8.29. The summed E-state index contributed by atoms with van der Waals surface area (Å²) in [6.45, 7) is 5.37. The van der Waals surface area contributed by atoms with Gasteiger partial charge in [0.2, 0.25) is 0 Å². The first kappa shape index (κ1) is 11.9. The number of hydrogen-bond donors (Lipinski definition) is 1. The lowest BCUT2D eigenvalue weighted by molar-refractivity contribution is 0.565. The van der Waals surface area contributed by atoms with E-state index >= 15 is 0 Å². The number of rotatable bonds is 5. The number of furan rings is 1. The molecule has 2 aromatic rings. The van der Waals surface area contributed by atoms with Crippen molar-refractivity contribution in [2.45, 2.75) is 26.3 Å². The Morgan fingerprint density at radius 1 is 1.18 bits per heavy atom. The van der Waals surface area contributed by atoms with E-state index in [0.717, 1.165) is 24.3 Å². The molecule has 1 aromatic heterocycles. The Bertz CT molecular complexity index is 430. The lowest BCUT2D eigenvalue weighted by Gasteiger charge is -2.12. The molecule has 1 heterocycles.